The molecule has 1 saturated carbocycles. The van der Waals surface area contributed by atoms with Gasteiger partial charge in [-0.05, 0) is 68.5 Å². The summed E-state index contributed by atoms with van der Waals surface area (Å²) < 4.78 is 5.86. The number of rotatable bonds is 8. The van der Waals surface area contributed by atoms with E-state index in [-0.39, 0.29) is 23.8 Å². The van der Waals surface area contributed by atoms with Crippen LogP contribution in [-0.4, -0.2) is 50.1 Å². The maximum Gasteiger partial charge on any atom is 0.254 e. The minimum Gasteiger partial charge on any atom is -0.377 e. The molecule has 6 heteroatoms. The second-order valence-electron chi connectivity index (χ2n) is 9.19. The quantitative estimate of drug-likeness (QED) is 0.674. The molecule has 1 aliphatic carbocycles. The number of benzene rings is 2. The third-order valence-corrected chi connectivity index (χ3v) is 6.14. The minimum absolute atomic E-state index is 0.00123. The van der Waals surface area contributed by atoms with Crippen LogP contribution in [0.3, 0.4) is 0 Å². The van der Waals surface area contributed by atoms with Crippen molar-refractivity contribution < 1.29 is 14.3 Å². The summed E-state index contributed by atoms with van der Waals surface area (Å²) in [5, 5.41) is 3.04. The van der Waals surface area contributed by atoms with Crippen molar-refractivity contribution in [2.75, 3.05) is 37.5 Å². The number of nitrogens with one attached hydrogen (secondary N) is 1. The summed E-state index contributed by atoms with van der Waals surface area (Å²) in [7, 11) is 3.99. The molecule has 1 atom stereocenters. The van der Waals surface area contributed by atoms with Gasteiger partial charge in [-0.1, -0.05) is 17.7 Å². The number of carbonyl (C=O) groups excluding carboxylic acids is 2. The van der Waals surface area contributed by atoms with Crippen molar-refractivity contribution in [1.29, 1.82) is 0 Å². The first-order valence-corrected chi connectivity index (χ1v) is 11.5. The molecule has 1 aliphatic heterocycles. The van der Waals surface area contributed by atoms with E-state index in [0.717, 1.165) is 54.8 Å². The molecule has 2 fully saturated rings. The van der Waals surface area contributed by atoms with Gasteiger partial charge in [0.1, 0.15) is 0 Å². The van der Waals surface area contributed by atoms with Gasteiger partial charge < -0.3 is 19.9 Å². The first-order valence-electron chi connectivity index (χ1n) is 11.5. The summed E-state index contributed by atoms with van der Waals surface area (Å²) in [4.78, 5) is 29.7. The summed E-state index contributed by atoms with van der Waals surface area (Å²) in [6, 6.07) is 13.7. The van der Waals surface area contributed by atoms with E-state index in [1.807, 2.05) is 73.3 Å². The standard InChI is InChI=1S/C26H33N3O3/c1-18-6-4-7-20(14-18)26(31)29(17-23-8-5-13-32-23)16-21-15-22(11-12-24(21)28(2)3)27-25(30)19-9-10-19/h4,6-7,11-12,14-15,19,23H,5,8-10,13,16-17H2,1-3H3,(H,27,30)/t23-/m1/s1. The first kappa shape index (κ1) is 22.3. The number of amides is 2. The molecular weight excluding hydrogens is 402 g/mol. The number of nitrogens with zero attached hydrogens (tertiary/aromatic N) is 2. The molecule has 6 nitrogen and oxygen atoms in total. The predicted molar refractivity (Wildman–Crippen MR) is 127 cm³/mol. The van der Waals surface area contributed by atoms with Crippen molar-refractivity contribution in [2.45, 2.75) is 45.3 Å². The second kappa shape index (κ2) is 9.74. The fourth-order valence-electron chi connectivity index (χ4n) is 4.24. The zero-order valence-electron chi connectivity index (χ0n) is 19.3. The number of ether oxygens (including phenoxy) is 1. The van der Waals surface area contributed by atoms with Crippen LogP contribution < -0.4 is 10.2 Å². The van der Waals surface area contributed by atoms with E-state index in [1.54, 1.807) is 0 Å². The average Bonchev–Trinajstić information content (AvgIpc) is 3.50. The molecule has 0 aromatic heterocycles. The maximum atomic E-state index is 13.5. The van der Waals surface area contributed by atoms with E-state index < -0.39 is 0 Å². The lowest BCUT2D eigenvalue weighted by atomic mass is 10.1. The van der Waals surface area contributed by atoms with Gasteiger partial charge in [-0.15, -0.1) is 0 Å². The van der Waals surface area contributed by atoms with E-state index in [4.69, 9.17) is 4.74 Å². The lowest BCUT2D eigenvalue weighted by molar-refractivity contribution is -0.117. The van der Waals surface area contributed by atoms with Crippen molar-refractivity contribution in [3.63, 3.8) is 0 Å². The molecule has 0 spiro atoms. The zero-order valence-corrected chi connectivity index (χ0v) is 19.3. The SMILES string of the molecule is Cc1cccc(C(=O)N(Cc2cc(NC(=O)C3CC3)ccc2N(C)C)C[C@H]2CCCO2)c1. The summed E-state index contributed by atoms with van der Waals surface area (Å²) >= 11 is 0. The average molecular weight is 436 g/mol. The van der Waals surface area contributed by atoms with E-state index >= 15 is 0 Å². The van der Waals surface area contributed by atoms with Gasteiger partial charge in [0.25, 0.3) is 5.91 Å². The molecule has 1 heterocycles. The Morgan fingerprint density at radius 3 is 2.56 bits per heavy atom. The molecule has 170 valence electrons. The van der Waals surface area contributed by atoms with E-state index in [0.29, 0.717) is 18.7 Å². The van der Waals surface area contributed by atoms with Gasteiger partial charge in [-0.2, -0.15) is 0 Å². The largest absolute Gasteiger partial charge is 0.377 e. The molecule has 1 N–H and O–H groups in total. The second-order valence-corrected chi connectivity index (χ2v) is 9.19. The molecule has 2 aliphatic rings. The minimum atomic E-state index is 0.00123. The Balaban J connectivity index is 1.61. The van der Waals surface area contributed by atoms with Gasteiger partial charge in [-0.25, -0.2) is 0 Å². The molecule has 2 aromatic rings. The topological polar surface area (TPSA) is 61.9 Å². The summed E-state index contributed by atoms with van der Waals surface area (Å²) in [5.74, 6) is 0.229. The molecule has 4 rings (SSSR count). The van der Waals surface area contributed by atoms with Crippen molar-refractivity contribution in [2.24, 2.45) is 5.92 Å². The highest BCUT2D eigenvalue weighted by Gasteiger charge is 2.30. The molecule has 1 saturated heterocycles. The third kappa shape index (κ3) is 5.49. The van der Waals surface area contributed by atoms with Crippen LogP contribution in [-0.2, 0) is 16.1 Å². The number of anilines is 2. The highest BCUT2D eigenvalue weighted by atomic mass is 16.5. The Kier molecular flexibility index (Phi) is 6.80. The van der Waals surface area contributed by atoms with E-state index in [9.17, 15) is 9.59 Å². The van der Waals surface area contributed by atoms with Gasteiger partial charge in [0.05, 0.1) is 6.10 Å². The Morgan fingerprint density at radius 2 is 1.91 bits per heavy atom. The predicted octanol–water partition coefficient (Wildman–Crippen LogP) is 4.23. The fourth-order valence-corrected chi connectivity index (χ4v) is 4.24. The van der Waals surface area contributed by atoms with Crippen molar-refractivity contribution in [3.8, 4) is 0 Å². The Morgan fingerprint density at radius 1 is 1.09 bits per heavy atom. The zero-order chi connectivity index (χ0) is 22.7. The highest BCUT2D eigenvalue weighted by molar-refractivity contribution is 5.95. The molecule has 0 bridgehead atoms. The van der Waals surface area contributed by atoms with Crippen LogP contribution in [0, 0.1) is 12.8 Å². The highest BCUT2D eigenvalue weighted by Crippen LogP contribution is 2.31. The summed E-state index contributed by atoms with van der Waals surface area (Å²) in [5.41, 5.74) is 4.56. The van der Waals surface area contributed by atoms with Gasteiger partial charge in [0, 0.05) is 56.6 Å². The smallest absolute Gasteiger partial charge is 0.254 e. The van der Waals surface area contributed by atoms with Crippen LogP contribution in [0.5, 0.6) is 0 Å². The number of hydrogen-bond donors (Lipinski definition) is 1. The van der Waals surface area contributed by atoms with Crippen molar-refractivity contribution in [1.82, 2.24) is 4.90 Å². The maximum absolute atomic E-state index is 13.5. The Hall–Kier alpha value is -2.86. The van der Waals surface area contributed by atoms with Crippen LogP contribution in [0.25, 0.3) is 0 Å². The van der Waals surface area contributed by atoms with Gasteiger partial charge in [0.15, 0.2) is 0 Å². The third-order valence-electron chi connectivity index (χ3n) is 6.14. The molecular formula is C26H33N3O3. The van der Waals surface area contributed by atoms with Crippen LogP contribution in [0.1, 0.15) is 47.2 Å². The van der Waals surface area contributed by atoms with E-state index in [2.05, 4.69) is 5.32 Å². The Bertz CT molecular complexity index is 978. The van der Waals surface area contributed by atoms with Crippen LogP contribution in [0.4, 0.5) is 11.4 Å². The van der Waals surface area contributed by atoms with Crippen molar-refractivity contribution in [3.05, 3.63) is 59.2 Å². The van der Waals surface area contributed by atoms with E-state index in [1.165, 1.54) is 0 Å². The molecule has 2 amide bonds. The lowest BCUT2D eigenvalue weighted by Crippen LogP contribution is -2.37. The molecule has 2 aromatic carbocycles. The lowest BCUT2D eigenvalue weighted by Gasteiger charge is -2.28. The fraction of sp³-hybridized carbons (Fsp3) is 0.462. The Labute approximate surface area is 190 Å². The molecule has 0 radical (unpaired) electrons. The normalized spacial score (nSPS) is 17.8. The van der Waals surface area contributed by atoms with Gasteiger partial charge in [0.2, 0.25) is 5.91 Å². The number of hydrogen-bond acceptors (Lipinski definition) is 4. The first-order chi connectivity index (χ1) is 15.4. The van der Waals surface area contributed by atoms with Gasteiger partial charge >= 0.3 is 0 Å². The molecule has 32 heavy (non-hydrogen) atoms. The van der Waals surface area contributed by atoms with Crippen LogP contribution in [0.15, 0.2) is 42.5 Å². The summed E-state index contributed by atoms with van der Waals surface area (Å²) in [6.45, 7) is 3.76. The monoisotopic (exact) mass is 435 g/mol. The van der Waals surface area contributed by atoms with Crippen molar-refractivity contribution >= 4 is 23.2 Å². The number of carbonyl (C=O) groups is 2. The summed E-state index contributed by atoms with van der Waals surface area (Å²) in [6.07, 6.45) is 3.99. The molecule has 0 unspecified atom stereocenters. The van der Waals surface area contributed by atoms with Crippen LogP contribution in [0.2, 0.25) is 0 Å². The number of aryl methyl sites for hydroxylation is 1. The van der Waals surface area contributed by atoms with Crippen LogP contribution >= 0.6 is 0 Å². The van der Waals surface area contributed by atoms with Gasteiger partial charge in [-0.3, -0.25) is 9.59 Å².